The van der Waals surface area contributed by atoms with Crippen LogP contribution in [0.4, 0.5) is 15.0 Å². The summed E-state index contributed by atoms with van der Waals surface area (Å²) >= 11 is 0. The highest BCUT2D eigenvalue weighted by Crippen LogP contribution is 2.31. The molecule has 2 aromatic carbocycles. The van der Waals surface area contributed by atoms with Crippen LogP contribution in [0.3, 0.4) is 0 Å². The van der Waals surface area contributed by atoms with Crippen LogP contribution in [0.25, 0.3) is 11.3 Å². The van der Waals surface area contributed by atoms with E-state index in [4.69, 9.17) is 9.47 Å². The molecule has 0 aliphatic carbocycles. The third-order valence-electron chi connectivity index (χ3n) is 6.17. The van der Waals surface area contributed by atoms with Crippen molar-refractivity contribution in [1.82, 2.24) is 14.5 Å². The first-order chi connectivity index (χ1) is 17.3. The quantitative estimate of drug-likeness (QED) is 0.450. The number of phenols is 1. The van der Waals surface area contributed by atoms with Crippen LogP contribution < -0.4 is 20.3 Å². The molecule has 0 spiro atoms. The summed E-state index contributed by atoms with van der Waals surface area (Å²) < 4.78 is 26.1. The van der Waals surface area contributed by atoms with Crippen LogP contribution in [0.1, 0.15) is 24.4 Å². The molecule has 1 aliphatic heterocycles. The maximum atomic E-state index is 14.0. The molecule has 1 amide bonds. The molecule has 1 fully saturated rings. The van der Waals surface area contributed by atoms with Gasteiger partial charge in [-0.1, -0.05) is 0 Å². The number of hydrogen-bond donors (Lipinski definition) is 3. The van der Waals surface area contributed by atoms with Gasteiger partial charge in [-0.3, -0.25) is 4.79 Å². The fraction of sp³-hybridized carbons (Fsp3) is 0.320. The Morgan fingerprint density at radius 1 is 1.22 bits per heavy atom. The first-order valence-corrected chi connectivity index (χ1v) is 11.4. The number of nitrogens with zero attached hydrogens (tertiary/aromatic N) is 3. The predicted octanol–water partition coefficient (Wildman–Crippen LogP) is 3.70. The molecule has 190 valence electrons. The zero-order chi connectivity index (χ0) is 25.8. The maximum Gasteiger partial charge on any atom is 0.407 e. The predicted molar refractivity (Wildman–Crippen MR) is 130 cm³/mol. The molecule has 1 atom stereocenters. The van der Waals surface area contributed by atoms with Crippen molar-refractivity contribution in [2.24, 2.45) is 0 Å². The maximum absolute atomic E-state index is 14.0. The number of likely N-dealkylation sites (tertiary alicyclic amines) is 1. The van der Waals surface area contributed by atoms with Crippen molar-refractivity contribution in [3.63, 3.8) is 0 Å². The van der Waals surface area contributed by atoms with Gasteiger partial charge in [0.05, 0.1) is 26.0 Å². The summed E-state index contributed by atoms with van der Waals surface area (Å²) in [6.07, 6.45) is 1.53. The molecule has 10 nitrogen and oxygen atoms in total. The molecule has 1 aliphatic rings. The van der Waals surface area contributed by atoms with E-state index in [1.165, 1.54) is 28.8 Å². The summed E-state index contributed by atoms with van der Waals surface area (Å²) in [4.78, 5) is 30.6. The molecule has 2 heterocycles. The Morgan fingerprint density at radius 3 is 2.75 bits per heavy atom. The highest BCUT2D eigenvalue weighted by Gasteiger charge is 2.27. The van der Waals surface area contributed by atoms with Crippen LogP contribution in [-0.4, -0.2) is 58.1 Å². The van der Waals surface area contributed by atoms with Gasteiger partial charge in [0.1, 0.15) is 23.1 Å². The Balaban J connectivity index is 1.75. The number of aromatic nitrogens is 2. The SMILES string of the molecule is COc1ccc(CNc2nc(-c3cc(F)ccc3O)cn(C3CCCN(C(=O)O)C3)c2=O)c(OC)c1. The van der Waals surface area contributed by atoms with E-state index >= 15 is 0 Å². The molecule has 0 saturated carbocycles. The fourth-order valence-corrected chi connectivity index (χ4v) is 4.27. The van der Waals surface area contributed by atoms with Crippen LogP contribution in [-0.2, 0) is 6.54 Å². The molecule has 4 rings (SSSR count). The number of carboxylic acid groups (broad SMARTS) is 1. The number of piperidine rings is 1. The lowest BCUT2D eigenvalue weighted by Gasteiger charge is -2.32. The lowest BCUT2D eigenvalue weighted by atomic mass is 10.1. The molecule has 36 heavy (non-hydrogen) atoms. The van der Waals surface area contributed by atoms with Gasteiger partial charge in [0.2, 0.25) is 0 Å². The van der Waals surface area contributed by atoms with E-state index in [-0.39, 0.29) is 35.9 Å². The van der Waals surface area contributed by atoms with Crippen LogP contribution in [0.2, 0.25) is 0 Å². The van der Waals surface area contributed by atoms with Crippen LogP contribution in [0.15, 0.2) is 47.4 Å². The summed E-state index contributed by atoms with van der Waals surface area (Å²) in [5.74, 6) is 0.356. The van der Waals surface area contributed by atoms with Gasteiger partial charge in [0.25, 0.3) is 5.56 Å². The van der Waals surface area contributed by atoms with E-state index in [9.17, 15) is 24.2 Å². The second kappa shape index (κ2) is 10.5. The van der Waals surface area contributed by atoms with Crippen LogP contribution in [0.5, 0.6) is 17.2 Å². The molecule has 0 bridgehead atoms. The Hall–Kier alpha value is -4.28. The zero-order valence-electron chi connectivity index (χ0n) is 19.9. The summed E-state index contributed by atoms with van der Waals surface area (Å²) in [6, 6.07) is 8.28. The molecule has 0 radical (unpaired) electrons. The van der Waals surface area contributed by atoms with Gasteiger partial charge in [0.15, 0.2) is 5.82 Å². The second-order valence-corrected chi connectivity index (χ2v) is 8.40. The number of benzene rings is 2. The number of phenolic OH excluding ortho intramolecular Hbond substituents is 1. The summed E-state index contributed by atoms with van der Waals surface area (Å²) in [7, 11) is 3.07. The third kappa shape index (κ3) is 5.19. The van der Waals surface area contributed by atoms with E-state index < -0.39 is 23.5 Å². The monoisotopic (exact) mass is 498 g/mol. The summed E-state index contributed by atoms with van der Waals surface area (Å²) in [5.41, 5.74) is 0.558. The van der Waals surface area contributed by atoms with Gasteiger partial charge in [-0.05, 0) is 43.2 Å². The number of rotatable bonds is 7. The smallest absolute Gasteiger partial charge is 0.407 e. The van der Waals surface area contributed by atoms with Crippen molar-refractivity contribution in [2.75, 3.05) is 32.6 Å². The first-order valence-electron chi connectivity index (χ1n) is 11.4. The lowest BCUT2D eigenvalue weighted by Crippen LogP contribution is -2.42. The van der Waals surface area contributed by atoms with Crippen molar-refractivity contribution in [3.8, 4) is 28.5 Å². The number of anilines is 1. The van der Waals surface area contributed by atoms with Crippen molar-refractivity contribution >= 4 is 11.9 Å². The summed E-state index contributed by atoms with van der Waals surface area (Å²) in [5, 5.41) is 22.8. The van der Waals surface area contributed by atoms with Crippen molar-refractivity contribution in [1.29, 1.82) is 0 Å². The van der Waals surface area contributed by atoms with Gasteiger partial charge < -0.3 is 34.5 Å². The molecule has 3 aromatic rings. The number of nitrogens with one attached hydrogen (secondary N) is 1. The Bertz CT molecular complexity index is 1330. The molecule has 3 N–H and O–H groups in total. The standard InChI is InChI=1S/C25H27FN4O6/c1-35-18-7-5-15(22(11-18)36-2)12-27-23-24(32)30(17-4-3-9-29(13-17)25(33)34)14-20(28-23)19-10-16(26)6-8-21(19)31/h5-8,10-11,14,17,31H,3-4,9,12-13H2,1-2H3,(H,27,28)(H,33,34). The molecule has 1 saturated heterocycles. The van der Waals surface area contributed by atoms with Gasteiger partial charge in [-0.15, -0.1) is 0 Å². The van der Waals surface area contributed by atoms with E-state index in [1.54, 1.807) is 25.3 Å². The number of carbonyl (C=O) groups is 1. The molecule has 11 heteroatoms. The highest BCUT2D eigenvalue weighted by atomic mass is 19.1. The third-order valence-corrected chi connectivity index (χ3v) is 6.17. The molecule has 1 unspecified atom stereocenters. The van der Waals surface area contributed by atoms with Gasteiger partial charge in [0, 0.05) is 43.0 Å². The normalized spacial score (nSPS) is 15.4. The minimum atomic E-state index is -1.06. The van der Waals surface area contributed by atoms with Crippen molar-refractivity contribution in [3.05, 3.63) is 64.3 Å². The average Bonchev–Trinajstić information content (AvgIpc) is 2.89. The van der Waals surface area contributed by atoms with Gasteiger partial charge in [-0.25, -0.2) is 14.2 Å². The molecule has 1 aromatic heterocycles. The van der Waals surface area contributed by atoms with Gasteiger partial charge >= 0.3 is 6.09 Å². The van der Waals surface area contributed by atoms with Crippen molar-refractivity contribution in [2.45, 2.75) is 25.4 Å². The van der Waals surface area contributed by atoms with E-state index in [1.807, 2.05) is 0 Å². The molecular formula is C25H27FN4O6. The number of halogens is 1. The van der Waals surface area contributed by atoms with Crippen molar-refractivity contribution < 1.29 is 28.9 Å². The Kier molecular flexibility index (Phi) is 7.28. The molecular weight excluding hydrogens is 471 g/mol. The van der Waals surface area contributed by atoms with Crippen LogP contribution in [0, 0.1) is 5.82 Å². The zero-order valence-corrected chi connectivity index (χ0v) is 19.9. The topological polar surface area (TPSA) is 126 Å². The first kappa shape index (κ1) is 24.8. The number of amides is 1. The van der Waals surface area contributed by atoms with Gasteiger partial charge in [-0.2, -0.15) is 0 Å². The number of aromatic hydroxyl groups is 1. The average molecular weight is 499 g/mol. The number of hydrogen-bond acceptors (Lipinski definition) is 7. The Morgan fingerprint density at radius 2 is 2.03 bits per heavy atom. The van der Waals surface area contributed by atoms with E-state index in [2.05, 4.69) is 10.3 Å². The van der Waals surface area contributed by atoms with Crippen LogP contribution >= 0.6 is 0 Å². The summed E-state index contributed by atoms with van der Waals surface area (Å²) in [6.45, 7) is 0.686. The highest BCUT2D eigenvalue weighted by molar-refractivity contribution is 5.67. The Labute approximate surface area is 206 Å². The number of methoxy groups -OCH3 is 2. The van der Waals surface area contributed by atoms with E-state index in [0.29, 0.717) is 30.9 Å². The second-order valence-electron chi connectivity index (χ2n) is 8.40. The minimum Gasteiger partial charge on any atom is -0.507 e. The fourth-order valence-electron chi connectivity index (χ4n) is 4.27. The lowest BCUT2D eigenvalue weighted by molar-refractivity contribution is 0.121. The minimum absolute atomic E-state index is 0.0264. The van der Waals surface area contributed by atoms with E-state index in [0.717, 1.165) is 17.7 Å². The largest absolute Gasteiger partial charge is 0.507 e. The number of ether oxygens (including phenoxy) is 2.